The average Bonchev–Trinajstić information content (AvgIpc) is 3.00. The number of carbonyl (C=O) groups is 1. The highest BCUT2D eigenvalue weighted by Crippen LogP contribution is 2.29. The van der Waals surface area contributed by atoms with E-state index < -0.39 is 16.1 Å². The van der Waals surface area contributed by atoms with Crippen molar-refractivity contribution in [2.24, 2.45) is 0 Å². The van der Waals surface area contributed by atoms with Crippen molar-refractivity contribution in [3.8, 4) is 5.69 Å². The van der Waals surface area contributed by atoms with Crippen LogP contribution < -0.4 is 0 Å². The maximum atomic E-state index is 12.9. The molecule has 0 atom stereocenters. The van der Waals surface area contributed by atoms with E-state index in [0.29, 0.717) is 4.31 Å². The number of aromatic nitrogens is 2. The fourth-order valence-corrected chi connectivity index (χ4v) is 5.60. The summed E-state index contributed by atoms with van der Waals surface area (Å²) in [6.45, 7) is 5.71. The van der Waals surface area contributed by atoms with E-state index >= 15 is 0 Å². The number of rotatable bonds is 7. The van der Waals surface area contributed by atoms with E-state index in [0.717, 1.165) is 33.8 Å². The molecule has 1 N–H and O–H groups in total. The first kappa shape index (κ1) is 25.2. The van der Waals surface area contributed by atoms with E-state index in [1.807, 2.05) is 74.0 Å². The Bertz CT molecular complexity index is 1430. The summed E-state index contributed by atoms with van der Waals surface area (Å²) in [7, 11) is -4.16. The minimum Gasteiger partial charge on any atom is -0.464 e. The molecule has 0 fully saturated rings. The van der Waals surface area contributed by atoms with Crippen molar-refractivity contribution >= 4 is 16.1 Å². The van der Waals surface area contributed by atoms with Crippen molar-refractivity contribution in [3.05, 3.63) is 113 Å². The predicted octanol–water partition coefficient (Wildman–Crippen LogP) is 5.47. The van der Waals surface area contributed by atoms with Crippen molar-refractivity contribution in [3.63, 3.8) is 0 Å². The molecule has 186 valence electrons. The molecule has 4 rings (SSSR count). The van der Waals surface area contributed by atoms with Crippen molar-refractivity contribution < 1.29 is 18.3 Å². The molecule has 1 amide bonds. The second kappa shape index (κ2) is 10.4. The quantitative estimate of drug-likeness (QED) is 0.461. The largest absolute Gasteiger partial charge is 0.464 e. The molecular weight excluding hydrogens is 474 g/mol. The first-order valence-corrected chi connectivity index (χ1v) is 13.1. The molecule has 0 unspecified atom stereocenters. The van der Waals surface area contributed by atoms with Crippen LogP contribution in [0.25, 0.3) is 5.69 Å². The number of amides is 1. The second-order valence-corrected chi connectivity index (χ2v) is 10.6. The van der Waals surface area contributed by atoms with Crippen LogP contribution in [0, 0.1) is 20.8 Å². The lowest BCUT2D eigenvalue weighted by molar-refractivity contribution is 0.172. The number of hydrogen-bond acceptors (Lipinski definition) is 4. The first-order valence-electron chi connectivity index (χ1n) is 11.7. The van der Waals surface area contributed by atoms with Crippen LogP contribution in [0.4, 0.5) is 4.79 Å². The molecule has 0 bridgehead atoms. The molecule has 0 spiro atoms. The van der Waals surface area contributed by atoms with E-state index in [9.17, 15) is 18.3 Å². The molecule has 0 aliphatic heterocycles. The fourth-order valence-electron chi connectivity index (χ4n) is 4.33. The molecule has 36 heavy (non-hydrogen) atoms. The van der Waals surface area contributed by atoms with Crippen LogP contribution in [-0.2, 0) is 16.4 Å². The van der Waals surface area contributed by atoms with Gasteiger partial charge >= 0.3 is 6.09 Å². The summed E-state index contributed by atoms with van der Waals surface area (Å²) in [5.74, 6) is 0.144. The molecule has 7 nitrogen and oxygen atoms in total. The number of allylic oxidation sites excluding steroid dienone is 6. The van der Waals surface area contributed by atoms with Gasteiger partial charge in [-0.05, 0) is 57.0 Å². The summed E-state index contributed by atoms with van der Waals surface area (Å²) in [6.07, 6.45) is 11.1. The monoisotopic (exact) mass is 503 g/mol. The summed E-state index contributed by atoms with van der Waals surface area (Å²) in [4.78, 5) is 11.8. The Hall–Kier alpha value is -3.91. The molecular formula is C28H29N3O4S. The van der Waals surface area contributed by atoms with Crippen LogP contribution in [0.3, 0.4) is 0 Å². The van der Waals surface area contributed by atoms with Gasteiger partial charge in [-0.15, -0.1) is 0 Å². The van der Waals surface area contributed by atoms with Crippen LogP contribution >= 0.6 is 0 Å². The van der Waals surface area contributed by atoms with Crippen molar-refractivity contribution in [1.82, 2.24) is 14.1 Å². The molecule has 1 aliphatic carbocycles. The van der Waals surface area contributed by atoms with Gasteiger partial charge in [0.15, 0.2) is 0 Å². The molecule has 1 aliphatic rings. The standard InChI is InChI=1S/C28H29N3O4S/c1-20-10-16-26(17-11-20)36(34,35)30(28(32)33)19-18-23-12-14-25(15-13-23)31-22(3)27(21(2)29-31)24-8-6-4-5-7-9-24/h4-17,24H,18-19H2,1-3H3,(H,32,33). The lowest BCUT2D eigenvalue weighted by Crippen LogP contribution is -2.37. The topological polar surface area (TPSA) is 92.5 Å². The molecule has 0 saturated carbocycles. The summed E-state index contributed by atoms with van der Waals surface area (Å²) in [6, 6.07) is 13.7. The highest BCUT2D eigenvalue weighted by molar-refractivity contribution is 7.89. The zero-order chi connectivity index (χ0) is 25.9. The average molecular weight is 504 g/mol. The number of carboxylic acid groups (broad SMARTS) is 1. The molecule has 0 radical (unpaired) electrons. The highest BCUT2D eigenvalue weighted by Gasteiger charge is 2.28. The Morgan fingerprint density at radius 2 is 1.56 bits per heavy atom. The van der Waals surface area contributed by atoms with Gasteiger partial charge in [-0.2, -0.15) is 5.10 Å². The minimum absolute atomic E-state index is 0.0414. The Balaban J connectivity index is 1.51. The first-order chi connectivity index (χ1) is 17.2. The Morgan fingerprint density at radius 1 is 0.944 bits per heavy atom. The molecule has 8 heteroatoms. The van der Waals surface area contributed by atoms with Crippen LogP contribution in [0.1, 0.15) is 34.0 Å². The maximum Gasteiger partial charge on any atom is 0.421 e. The van der Waals surface area contributed by atoms with Gasteiger partial charge < -0.3 is 5.11 Å². The third-order valence-corrected chi connectivity index (χ3v) is 8.04. The predicted molar refractivity (Wildman–Crippen MR) is 140 cm³/mol. The van der Waals surface area contributed by atoms with E-state index in [1.54, 1.807) is 12.1 Å². The van der Waals surface area contributed by atoms with Gasteiger partial charge in [0.2, 0.25) is 0 Å². The van der Waals surface area contributed by atoms with E-state index in [2.05, 4.69) is 12.2 Å². The lowest BCUT2D eigenvalue weighted by atomic mass is 9.96. The van der Waals surface area contributed by atoms with Gasteiger partial charge in [-0.25, -0.2) is 22.2 Å². The summed E-state index contributed by atoms with van der Waals surface area (Å²) in [5, 5.41) is 14.3. The van der Waals surface area contributed by atoms with Gasteiger partial charge in [0.25, 0.3) is 10.0 Å². The molecule has 1 heterocycles. The molecule has 1 aromatic heterocycles. The van der Waals surface area contributed by atoms with Crippen LogP contribution in [-0.4, -0.2) is 40.2 Å². The van der Waals surface area contributed by atoms with Gasteiger partial charge in [-0.3, -0.25) is 0 Å². The van der Waals surface area contributed by atoms with E-state index in [1.165, 1.54) is 12.1 Å². The normalized spacial score (nSPS) is 13.6. The Labute approximate surface area is 211 Å². The number of aryl methyl sites for hydroxylation is 2. The highest BCUT2D eigenvalue weighted by atomic mass is 32.2. The van der Waals surface area contributed by atoms with Crippen LogP contribution in [0.15, 0.2) is 89.9 Å². The smallest absolute Gasteiger partial charge is 0.421 e. The van der Waals surface area contributed by atoms with Crippen LogP contribution in [0.2, 0.25) is 0 Å². The number of benzene rings is 2. The zero-order valence-electron chi connectivity index (χ0n) is 20.5. The number of sulfonamides is 1. The lowest BCUT2D eigenvalue weighted by Gasteiger charge is -2.19. The summed E-state index contributed by atoms with van der Waals surface area (Å²) >= 11 is 0. The molecule has 0 saturated heterocycles. The van der Waals surface area contributed by atoms with Gasteiger partial charge in [-0.1, -0.05) is 66.3 Å². The third-order valence-electron chi connectivity index (χ3n) is 6.26. The fraction of sp³-hybridized carbons (Fsp3) is 0.214. The van der Waals surface area contributed by atoms with Crippen LogP contribution in [0.5, 0.6) is 0 Å². The van der Waals surface area contributed by atoms with Crippen molar-refractivity contribution in [2.75, 3.05) is 6.54 Å². The zero-order valence-corrected chi connectivity index (χ0v) is 21.3. The van der Waals surface area contributed by atoms with E-state index in [4.69, 9.17) is 5.10 Å². The van der Waals surface area contributed by atoms with Gasteiger partial charge in [0, 0.05) is 23.7 Å². The minimum atomic E-state index is -4.16. The van der Waals surface area contributed by atoms with E-state index in [-0.39, 0.29) is 23.8 Å². The Kier molecular flexibility index (Phi) is 7.26. The maximum absolute atomic E-state index is 12.9. The van der Waals surface area contributed by atoms with Gasteiger partial charge in [0.1, 0.15) is 0 Å². The van der Waals surface area contributed by atoms with Gasteiger partial charge in [0.05, 0.1) is 16.3 Å². The summed E-state index contributed by atoms with van der Waals surface area (Å²) in [5.41, 5.74) is 5.76. The number of hydrogen-bond donors (Lipinski definition) is 1. The molecule has 3 aromatic rings. The second-order valence-electron chi connectivity index (χ2n) is 8.77. The molecule has 2 aromatic carbocycles. The summed E-state index contributed by atoms with van der Waals surface area (Å²) < 4.78 is 28.2. The van der Waals surface area contributed by atoms with Crippen molar-refractivity contribution in [2.45, 2.75) is 38.0 Å². The number of nitrogens with zero attached hydrogens (tertiary/aromatic N) is 3. The Morgan fingerprint density at radius 3 is 2.14 bits per heavy atom. The SMILES string of the molecule is Cc1ccc(S(=O)(=O)N(CCc2ccc(-n3nc(C)c(C4C=CC=CC=C4)c3C)cc2)C(=O)O)cc1. The third kappa shape index (κ3) is 5.18. The van der Waals surface area contributed by atoms with Crippen molar-refractivity contribution in [1.29, 1.82) is 0 Å².